The maximum Gasteiger partial charge on any atom is 0.377 e. The van der Waals surface area contributed by atoms with Gasteiger partial charge in [-0.1, -0.05) is 0 Å². The molecule has 2 aromatic rings. The fourth-order valence-corrected chi connectivity index (χ4v) is 1.51. The summed E-state index contributed by atoms with van der Waals surface area (Å²) in [6.45, 7) is 2.34. The first-order chi connectivity index (χ1) is 9.65. The summed E-state index contributed by atoms with van der Waals surface area (Å²) >= 11 is 0. The molecule has 0 aliphatic carbocycles. The number of rotatable bonds is 4. The van der Waals surface area contributed by atoms with Gasteiger partial charge >= 0.3 is 5.97 Å². The highest BCUT2D eigenvalue weighted by atomic mass is 16.5. The van der Waals surface area contributed by atoms with E-state index in [2.05, 4.69) is 25.1 Å². The highest BCUT2D eigenvalue weighted by molar-refractivity contribution is 5.92. The van der Waals surface area contributed by atoms with E-state index in [0.29, 0.717) is 12.2 Å². The van der Waals surface area contributed by atoms with Crippen LogP contribution in [0.2, 0.25) is 0 Å². The summed E-state index contributed by atoms with van der Waals surface area (Å²) in [5.41, 5.74) is 0.836. The van der Waals surface area contributed by atoms with Crippen molar-refractivity contribution in [1.29, 1.82) is 0 Å². The number of nitrogens with zero attached hydrogens (tertiary/aromatic N) is 4. The summed E-state index contributed by atoms with van der Waals surface area (Å²) in [7, 11) is 1.25. The average molecular weight is 275 g/mol. The van der Waals surface area contributed by atoms with Crippen molar-refractivity contribution in [3.05, 3.63) is 36.2 Å². The van der Waals surface area contributed by atoms with Gasteiger partial charge in [-0.2, -0.15) is 0 Å². The third-order valence-corrected chi connectivity index (χ3v) is 2.44. The Kier molecular flexibility index (Phi) is 4.04. The number of hydrogen-bond acceptors (Lipinski definition) is 6. The summed E-state index contributed by atoms with van der Waals surface area (Å²) in [5, 5.41) is 6.62. The van der Waals surface area contributed by atoms with Gasteiger partial charge in [0.25, 0.3) is 11.7 Å². The number of hydrogen-bond donors (Lipinski definition) is 1. The zero-order valence-electron chi connectivity index (χ0n) is 11.0. The fraction of sp³-hybridized carbons (Fsp3) is 0.250. The first-order valence-electron chi connectivity index (χ1n) is 5.90. The molecule has 20 heavy (non-hydrogen) atoms. The summed E-state index contributed by atoms with van der Waals surface area (Å²) in [6.07, 6.45) is 2.85. The number of ether oxygens (including phenoxy) is 1. The number of esters is 1. The second kappa shape index (κ2) is 5.91. The second-order valence-corrected chi connectivity index (χ2v) is 3.76. The molecule has 0 aliphatic rings. The predicted molar refractivity (Wildman–Crippen MR) is 68.5 cm³/mol. The van der Waals surface area contributed by atoms with Gasteiger partial charge in [0.15, 0.2) is 0 Å². The van der Waals surface area contributed by atoms with Crippen molar-refractivity contribution >= 4 is 11.9 Å². The maximum atomic E-state index is 11.7. The van der Waals surface area contributed by atoms with Gasteiger partial charge in [0.05, 0.1) is 12.8 Å². The number of amides is 1. The van der Waals surface area contributed by atoms with Crippen LogP contribution in [0.5, 0.6) is 0 Å². The number of methoxy groups -OCH3 is 1. The Morgan fingerprint density at radius 1 is 1.40 bits per heavy atom. The van der Waals surface area contributed by atoms with Gasteiger partial charge in [0, 0.05) is 12.7 Å². The Balaban J connectivity index is 2.29. The van der Waals surface area contributed by atoms with Crippen LogP contribution in [0.1, 0.15) is 28.0 Å². The monoisotopic (exact) mass is 275 g/mol. The lowest BCUT2D eigenvalue weighted by molar-refractivity contribution is 0.0586. The van der Waals surface area contributed by atoms with Gasteiger partial charge < -0.3 is 10.1 Å². The van der Waals surface area contributed by atoms with Crippen LogP contribution in [-0.4, -0.2) is 45.3 Å². The molecule has 0 fully saturated rings. The fourth-order valence-electron chi connectivity index (χ4n) is 1.51. The van der Waals surface area contributed by atoms with Crippen molar-refractivity contribution in [3.63, 3.8) is 0 Å². The summed E-state index contributed by atoms with van der Waals surface area (Å²) in [6, 6.07) is 3.21. The van der Waals surface area contributed by atoms with Gasteiger partial charge in [-0.3, -0.25) is 9.78 Å². The third-order valence-electron chi connectivity index (χ3n) is 2.44. The second-order valence-electron chi connectivity index (χ2n) is 3.76. The van der Waals surface area contributed by atoms with Crippen LogP contribution < -0.4 is 5.32 Å². The number of carbonyl (C=O) groups excluding carboxylic acids is 2. The van der Waals surface area contributed by atoms with Gasteiger partial charge in [0.1, 0.15) is 12.0 Å². The van der Waals surface area contributed by atoms with E-state index >= 15 is 0 Å². The topological polar surface area (TPSA) is 99.0 Å². The van der Waals surface area contributed by atoms with Crippen molar-refractivity contribution in [2.75, 3.05) is 13.7 Å². The molecule has 2 heterocycles. The van der Waals surface area contributed by atoms with E-state index in [9.17, 15) is 9.59 Å². The Morgan fingerprint density at radius 3 is 2.90 bits per heavy atom. The molecule has 104 valence electrons. The molecule has 8 nitrogen and oxygen atoms in total. The maximum absolute atomic E-state index is 11.7. The molecule has 1 amide bonds. The number of aromatic nitrogens is 4. The molecular formula is C12H13N5O3. The van der Waals surface area contributed by atoms with Crippen LogP contribution in [0, 0.1) is 0 Å². The lowest BCUT2D eigenvalue weighted by atomic mass is 10.3. The summed E-state index contributed by atoms with van der Waals surface area (Å²) < 4.78 is 5.90. The molecule has 0 atom stereocenters. The Bertz CT molecular complexity index is 638. The lowest BCUT2D eigenvalue weighted by Gasteiger charge is -2.04. The van der Waals surface area contributed by atoms with E-state index in [0.717, 1.165) is 0 Å². The Labute approximate surface area is 114 Å². The molecule has 1 N–H and O–H groups in total. The van der Waals surface area contributed by atoms with Gasteiger partial charge in [-0.25, -0.2) is 14.5 Å². The van der Waals surface area contributed by atoms with Gasteiger partial charge in [0.2, 0.25) is 0 Å². The Hall–Kier alpha value is -2.77. The SMILES string of the molecule is CCNC(=O)c1cc(-n2cnc(C(=O)OC)n2)ccn1. The van der Waals surface area contributed by atoms with Crippen LogP contribution in [0.4, 0.5) is 0 Å². The minimum Gasteiger partial charge on any atom is -0.463 e. The van der Waals surface area contributed by atoms with Crippen LogP contribution in [0.15, 0.2) is 24.7 Å². The van der Waals surface area contributed by atoms with E-state index in [1.807, 2.05) is 6.92 Å². The van der Waals surface area contributed by atoms with Crippen LogP contribution in [0.3, 0.4) is 0 Å². The van der Waals surface area contributed by atoms with Crippen LogP contribution >= 0.6 is 0 Å². The molecule has 0 radical (unpaired) electrons. The summed E-state index contributed by atoms with van der Waals surface area (Å²) in [5.74, 6) is -0.951. The highest BCUT2D eigenvalue weighted by Gasteiger charge is 2.13. The molecule has 0 aliphatic heterocycles. The largest absolute Gasteiger partial charge is 0.463 e. The number of carbonyl (C=O) groups is 2. The van der Waals surface area contributed by atoms with Crippen LogP contribution in [-0.2, 0) is 4.74 Å². The van der Waals surface area contributed by atoms with Gasteiger partial charge in [-0.05, 0) is 19.1 Å². The van der Waals surface area contributed by atoms with E-state index in [4.69, 9.17) is 0 Å². The van der Waals surface area contributed by atoms with E-state index in [-0.39, 0.29) is 17.4 Å². The lowest BCUT2D eigenvalue weighted by Crippen LogP contribution is -2.23. The standard InChI is InChI=1S/C12H13N5O3/c1-3-13-11(18)9-6-8(4-5-14-9)17-7-15-10(16-17)12(19)20-2/h4-7H,3H2,1-2H3,(H,13,18). The van der Waals surface area contributed by atoms with Crippen molar-refractivity contribution < 1.29 is 14.3 Å². The molecule has 0 saturated heterocycles. The van der Waals surface area contributed by atoms with Crippen molar-refractivity contribution in [3.8, 4) is 5.69 Å². The third kappa shape index (κ3) is 2.79. The minimum absolute atomic E-state index is 0.0520. The number of nitrogens with one attached hydrogen (secondary N) is 1. The highest BCUT2D eigenvalue weighted by Crippen LogP contribution is 2.07. The molecule has 0 bridgehead atoms. The van der Waals surface area contributed by atoms with Crippen molar-refractivity contribution in [2.24, 2.45) is 0 Å². The first-order valence-corrected chi connectivity index (χ1v) is 5.90. The number of pyridine rings is 1. The average Bonchev–Trinajstić information content (AvgIpc) is 2.96. The normalized spacial score (nSPS) is 10.1. The zero-order chi connectivity index (χ0) is 14.5. The zero-order valence-corrected chi connectivity index (χ0v) is 11.0. The first kappa shape index (κ1) is 13.7. The Morgan fingerprint density at radius 2 is 2.20 bits per heavy atom. The van der Waals surface area contributed by atoms with E-state index < -0.39 is 5.97 Å². The molecule has 0 spiro atoms. The quantitative estimate of drug-likeness (QED) is 0.800. The molecule has 8 heteroatoms. The van der Waals surface area contributed by atoms with Crippen LogP contribution in [0.25, 0.3) is 5.69 Å². The molecule has 2 aromatic heterocycles. The molecule has 2 rings (SSSR count). The molecule has 0 unspecified atom stereocenters. The van der Waals surface area contributed by atoms with Crippen molar-refractivity contribution in [2.45, 2.75) is 6.92 Å². The van der Waals surface area contributed by atoms with E-state index in [1.165, 1.54) is 24.3 Å². The van der Waals surface area contributed by atoms with Gasteiger partial charge in [-0.15, -0.1) is 5.10 Å². The van der Waals surface area contributed by atoms with Crippen molar-refractivity contribution in [1.82, 2.24) is 25.1 Å². The minimum atomic E-state index is -0.623. The predicted octanol–water partition coefficient (Wildman–Crippen LogP) is 0.199. The molecule has 0 saturated carbocycles. The smallest absolute Gasteiger partial charge is 0.377 e. The molecule has 0 aromatic carbocycles. The summed E-state index contributed by atoms with van der Waals surface area (Å²) in [4.78, 5) is 30.8. The van der Waals surface area contributed by atoms with E-state index in [1.54, 1.807) is 12.1 Å². The molecular weight excluding hydrogens is 262 g/mol.